The van der Waals surface area contributed by atoms with E-state index in [-0.39, 0.29) is 0 Å². The predicted octanol–water partition coefficient (Wildman–Crippen LogP) is 0.805. The minimum atomic E-state index is 0.535. The molecule has 50 valence electrons. The Bertz CT molecular complexity index is 355. The van der Waals surface area contributed by atoms with Gasteiger partial charge >= 0.3 is 0 Å². The first-order chi connectivity index (χ1) is 4.88. The highest BCUT2D eigenvalue weighted by atomic mass is 16.3. The van der Waals surface area contributed by atoms with Gasteiger partial charge in [0.2, 0.25) is 5.71 Å². The van der Waals surface area contributed by atoms with Crippen molar-refractivity contribution in [1.82, 2.24) is 9.97 Å². The van der Waals surface area contributed by atoms with Gasteiger partial charge in [-0.2, -0.15) is 0 Å². The third kappa shape index (κ3) is 0.556. The number of nitrogens with two attached hydrogens (primary N) is 1. The molecule has 0 saturated heterocycles. The van der Waals surface area contributed by atoms with Crippen molar-refractivity contribution in [3.05, 3.63) is 18.8 Å². The van der Waals surface area contributed by atoms with Crippen molar-refractivity contribution < 1.29 is 4.42 Å². The fourth-order valence-electron chi connectivity index (χ4n) is 0.793. The first-order valence-electron chi connectivity index (χ1n) is 2.80. The van der Waals surface area contributed by atoms with Crippen LogP contribution in [0, 0.1) is 0 Å². The average molecular weight is 135 g/mol. The van der Waals surface area contributed by atoms with Crippen LogP contribution < -0.4 is 5.73 Å². The first-order valence-corrected chi connectivity index (χ1v) is 2.80. The largest absolute Gasteiger partial charge is 0.444 e. The van der Waals surface area contributed by atoms with Gasteiger partial charge < -0.3 is 10.2 Å². The molecule has 0 amide bonds. The summed E-state index contributed by atoms with van der Waals surface area (Å²) in [7, 11) is 0. The highest BCUT2D eigenvalue weighted by Crippen LogP contribution is 2.18. The second-order valence-corrected chi connectivity index (χ2v) is 1.93. The summed E-state index contributed by atoms with van der Waals surface area (Å²) in [5.74, 6) is 0. The van der Waals surface area contributed by atoms with Gasteiger partial charge in [-0.05, 0) is 0 Å². The molecule has 2 N–H and O–H groups in total. The van der Waals surface area contributed by atoms with Crippen LogP contribution in [0.4, 0.5) is 5.69 Å². The molecule has 4 heteroatoms. The molecular weight excluding hydrogens is 130 g/mol. The van der Waals surface area contributed by atoms with Crippen LogP contribution in [0.2, 0.25) is 0 Å². The van der Waals surface area contributed by atoms with Gasteiger partial charge in [-0.1, -0.05) is 0 Å². The predicted molar refractivity (Wildman–Crippen MR) is 36.2 cm³/mol. The molecule has 4 nitrogen and oxygen atoms in total. The van der Waals surface area contributed by atoms with Crippen molar-refractivity contribution >= 4 is 16.8 Å². The van der Waals surface area contributed by atoms with Crippen LogP contribution in [0.3, 0.4) is 0 Å². The van der Waals surface area contributed by atoms with Crippen LogP contribution in [-0.4, -0.2) is 9.97 Å². The summed E-state index contributed by atoms with van der Waals surface area (Å²) in [4.78, 5) is 7.64. The summed E-state index contributed by atoms with van der Waals surface area (Å²) in [6, 6.07) is 0. The maximum Gasteiger partial charge on any atom is 0.231 e. The first kappa shape index (κ1) is 5.22. The number of rotatable bonds is 0. The number of anilines is 1. The summed E-state index contributed by atoms with van der Waals surface area (Å²) in [5, 5.41) is 0.766. The van der Waals surface area contributed by atoms with E-state index in [9.17, 15) is 0 Å². The van der Waals surface area contributed by atoms with Gasteiger partial charge in [0.25, 0.3) is 0 Å². The van der Waals surface area contributed by atoms with E-state index in [2.05, 4.69) is 9.97 Å². The molecule has 2 heterocycles. The topological polar surface area (TPSA) is 64.9 Å². The summed E-state index contributed by atoms with van der Waals surface area (Å²) < 4.78 is 4.97. The van der Waals surface area contributed by atoms with Crippen LogP contribution in [0.25, 0.3) is 11.1 Å². The fourth-order valence-corrected chi connectivity index (χ4v) is 0.793. The Kier molecular flexibility index (Phi) is 0.887. The Hall–Kier alpha value is -1.58. The molecule has 0 unspecified atom stereocenters. The van der Waals surface area contributed by atoms with E-state index in [0.717, 1.165) is 5.39 Å². The number of hydrogen-bond acceptors (Lipinski definition) is 4. The summed E-state index contributed by atoms with van der Waals surface area (Å²) >= 11 is 0. The van der Waals surface area contributed by atoms with Gasteiger partial charge in [0.1, 0.15) is 12.6 Å². The highest BCUT2D eigenvalue weighted by Gasteiger charge is 2.00. The molecule has 0 aliphatic rings. The molecule has 0 saturated carbocycles. The highest BCUT2D eigenvalue weighted by molar-refractivity contribution is 5.85. The van der Waals surface area contributed by atoms with E-state index < -0.39 is 0 Å². The van der Waals surface area contributed by atoms with Crippen molar-refractivity contribution in [3.63, 3.8) is 0 Å². The molecular formula is C6H5N3O. The normalized spacial score (nSPS) is 10.4. The lowest BCUT2D eigenvalue weighted by molar-refractivity contribution is 0.603. The van der Waals surface area contributed by atoms with Crippen LogP contribution in [0.5, 0.6) is 0 Å². The van der Waals surface area contributed by atoms with Crippen LogP contribution in [0.15, 0.2) is 23.2 Å². The SMILES string of the molecule is Nc1coc2ncncc12. The van der Waals surface area contributed by atoms with Crippen LogP contribution in [0.1, 0.15) is 0 Å². The standard InChI is InChI=1S/C6H5N3O/c7-5-2-10-6-4(5)1-8-3-9-6/h1-3H,7H2. The molecule has 0 aromatic carbocycles. The molecule has 0 aliphatic heterocycles. The third-order valence-corrected chi connectivity index (χ3v) is 1.28. The van der Waals surface area contributed by atoms with Gasteiger partial charge in [0.05, 0.1) is 11.1 Å². The van der Waals surface area contributed by atoms with Crippen LogP contribution in [-0.2, 0) is 0 Å². The number of nitrogen functional groups attached to an aromatic ring is 1. The van der Waals surface area contributed by atoms with E-state index in [1.54, 1.807) is 6.20 Å². The summed E-state index contributed by atoms with van der Waals surface area (Å²) in [6.07, 6.45) is 4.51. The van der Waals surface area contributed by atoms with Crippen molar-refractivity contribution in [2.75, 3.05) is 5.73 Å². The zero-order valence-electron chi connectivity index (χ0n) is 5.11. The lowest BCUT2D eigenvalue weighted by Crippen LogP contribution is -1.81. The zero-order chi connectivity index (χ0) is 6.97. The Morgan fingerprint density at radius 3 is 3.20 bits per heavy atom. The smallest absolute Gasteiger partial charge is 0.231 e. The molecule has 0 atom stereocenters. The monoisotopic (exact) mass is 135 g/mol. The van der Waals surface area contributed by atoms with Crippen molar-refractivity contribution in [3.8, 4) is 0 Å². The summed E-state index contributed by atoms with van der Waals surface area (Å²) in [5.41, 5.74) is 6.62. The molecule has 0 radical (unpaired) electrons. The minimum Gasteiger partial charge on any atom is -0.444 e. The quantitative estimate of drug-likeness (QED) is 0.580. The minimum absolute atomic E-state index is 0.535. The van der Waals surface area contributed by atoms with Gasteiger partial charge in [-0.25, -0.2) is 9.97 Å². The number of furan rings is 1. The average Bonchev–Trinajstić information content (AvgIpc) is 2.34. The van der Waals surface area contributed by atoms with Gasteiger partial charge in [-0.3, -0.25) is 0 Å². The molecule has 2 aromatic heterocycles. The lowest BCUT2D eigenvalue weighted by Gasteiger charge is -1.83. The molecule has 0 spiro atoms. The Balaban J connectivity index is 2.93. The molecule has 0 fully saturated rings. The van der Waals surface area contributed by atoms with Crippen molar-refractivity contribution in [2.24, 2.45) is 0 Å². The van der Waals surface area contributed by atoms with Crippen LogP contribution >= 0.6 is 0 Å². The van der Waals surface area contributed by atoms with E-state index in [1.807, 2.05) is 0 Å². The number of hydrogen-bond donors (Lipinski definition) is 1. The van der Waals surface area contributed by atoms with Crippen molar-refractivity contribution in [2.45, 2.75) is 0 Å². The maximum atomic E-state index is 5.50. The molecule has 0 aliphatic carbocycles. The number of aromatic nitrogens is 2. The maximum absolute atomic E-state index is 5.50. The van der Waals surface area contributed by atoms with E-state index >= 15 is 0 Å². The Morgan fingerprint density at radius 2 is 2.40 bits per heavy atom. The Labute approximate surface area is 56.7 Å². The molecule has 0 bridgehead atoms. The number of nitrogens with zero attached hydrogens (tertiary/aromatic N) is 2. The molecule has 2 aromatic rings. The van der Waals surface area contributed by atoms with E-state index in [4.69, 9.17) is 10.2 Å². The Morgan fingerprint density at radius 1 is 1.50 bits per heavy atom. The summed E-state index contributed by atoms with van der Waals surface area (Å²) in [6.45, 7) is 0. The second kappa shape index (κ2) is 1.70. The van der Waals surface area contributed by atoms with E-state index in [1.165, 1.54) is 12.6 Å². The molecule has 2 rings (SSSR count). The van der Waals surface area contributed by atoms with Gasteiger partial charge in [0.15, 0.2) is 0 Å². The molecule has 10 heavy (non-hydrogen) atoms. The van der Waals surface area contributed by atoms with Gasteiger partial charge in [0, 0.05) is 6.20 Å². The van der Waals surface area contributed by atoms with Gasteiger partial charge in [-0.15, -0.1) is 0 Å². The second-order valence-electron chi connectivity index (χ2n) is 1.93. The lowest BCUT2D eigenvalue weighted by atomic mass is 10.4. The van der Waals surface area contributed by atoms with Crippen molar-refractivity contribution in [1.29, 1.82) is 0 Å². The zero-order valence-corrected chi connectivity index (χ0v) is 5.11. The number of fused-ring (bicyclic) bond motifs is 1. The fraction of sp³-hybridized carbons (Fsp3) is 0. The van der Waals surface area contributed by atoms with E-state index in [0.29, 0.717) is 11.4 Å². The third-order valence-electron chi connectivity index (χ3n) is 1.28.